The molecule has 1 aliphatic rings. The van der Waals surface area contributed by atoms with Crippen molar-refractivity contribution < 1.29 is 4.79 Å². The Labute approximate surface area is 62.5 Å². The first-order chi connectivity index (χ1) is 4.34. The smallest absolute Gasteiger partial charge is 0.211 e. The van der Waals surface area contributed by atoms with Crippen LogP contribution in [0.1, 0.15) is 19.3 Å². The fourth-order valence-electron chi connectivity index (χ4n) is 1.11. The lowest BCUT2D eigenvalue weighted by Crippen LogP contribution is -2.08. The molecule has 0 radical (unpaired) electrons. The van der Waals surface area contributed by atoms with Crippen molar-refractivity contribution in [3.63, 3.8) is 0 Å². The van der Waals surface area contributed by atoms with Crippen LogP contribution in [0.15, 0.2) is 4.99 Å². The quantitative estimate of drug-likeness (QED) is 0.351. The molecule has 0 aromatic carbocycles. The molecule has 2 unspecified atom stereocenters. The predicted octanol–water partition coefficient (Wildman–Crippen LogP) is 1.64. The summed E-state index contributed by atoms with van der Waals surface area (Å²) >= 11 is 3.43. The summed E-state index contributed by atoms with van der Waals surface area (Å²) < 4.78 is 0. The predicted molar refractivity (Wildman–Crippen MR) is 38.5 cm³/mol. The number of nitrogens with zero attached hydrogens (tertiary/aromatic N) is 1. The summed E-state index contributed by atoms with van der Waals surface area (Å²) in [4.78, 5) is 13.9. The van der Waals surface area contributed by atoms with Crippen LogP contribution in [0.4, 0.5) is 0 Å². The van der Waals surface area contributed by atoms with Crippen LogP contribution in [0.25, 0.3) is 0 Å². The zero-order valence-corrected chi connectivity index (χ0v) is 6.60. The molecule has 0 spiro atoms. The van der Waals surface area contributed by atoms with Gasteiger partial charge in [-0.25, -0.2) is 9.79 Å². The van der Waals surface area contributed by atoms with Gasteiger partial charge in [-0.2, -0.15) is 0 Å². The van der Waals surface area contributed by atoms with Crippen molar-refractivity contribution in [2.24, 2.45) is 4.99 Å². The Morgan fingerprint density at radius 1 is 1.56 bits per heavy atom. The number of halogens is 1. The van der Waals surface area contributed by atoms with Gasteiger partial charge in [0.05, 0.1) is 6.04 Å². The average molecular weight is 190 g/mol. The fraction of sp³-hybridized carbons (Fsp3) is 0.833. The van der Waals surface area contributed by atoms with E-state index < -0.39 is 0 Å². The number of carbonyl (C=O) groups excluding carboxylic acids is 1. The van der Waals surface area contributed by atoms with E-state index >= 15 is 0 Å². The van der Waals surface area contributed by atoms with Gasteiger partial charge < -0.3 is 0 Å². The molecule has 1 aliphatic carbocycles. The second kappa shape index (κ2) is 3.14. The van der Waals surface area contributed by atoms with Crippen LogP contribution >= 0.6 is 15.9 Å². The van der Waals surface area contributed by atoms with Crippen molar-refractivity contribution in [1.82, 2.24) is 0 Å². The van der Waals surface area contributed by atoms with E-state index in [-0.39, 0.29) is 6.04 Å². The van der Waals surface area contributed by atoms with Gasteiger partial charge in [0.15, 0.2) is 0 Å². The lowest BCUT2D eigenvalue weighted by molar-refractivity contribution is 0.557. The highest BCUT2D eigenvalue weighted by Crippen LogP contribution is 2.27. The Bertz CT molecular complexity index is 142. The Hall–Kier alpha value is -0.140. The zero-order valence-electron chi connectivity index (χ0n) is 5.01. The van der Waals surface area contributed by atoms with Gasteiger partial charge in [0.1, 0.15) is 0 Å². The molecular formula is C6H8BrNO. The minimum absolute atomic E-state index is 0.197. The number of isocyanates is 1. The molecule has 1 fully saturated rings. The maximum absolute atomic E-state index is 9.79. The third kappa shape index (κ3) is 1.63. The highest BCUT2D eigenvalue weighted by atomic mass is 79.9. The van der Waals surface area contributed by atoms with Gasteiger partial charge in [-0.1, -0.05) is 22.4 Å². The molecule has 1 rings (SSSR count). The van der Waals surface area contributed by atoms with Crippen LogP contribution in [0.2, 0.25) is 0 Å². The van der Waals surface area contributed by atoms with E-state index in [1.54, 1.807) is 6.08 Å². The van der Waals surface area contributed by atoms with E-state index in [1.165, 1.54) is 6.42 Å². The van der Waals surface area contributed by atoms with E-state index in [2.05, 4.69) is 20.9 Å². The second-order valence-electron chi connectivity index (χ2n) is 2.23. The Kier molecular flexibility index (Phi) is 2.43. The molecular weight excluding hydrogens is 182 g/mol. The Morgan fingerprint density at radius 2 is 2.33 bits per heavy atom. The molecule has 0 N–H and O–H groups in total. The lowest BCUT2D eigenvalue weighted by atomic mass is 10.3. The van der Waals surface area contributed by atoms with Crippen LogP contribution in [-0.2, 0) is 4.79 Å². The van der Waals surface area contributed by atoms with Crippen LogP contribution in [0.3, 0.4) is 0 Å². The van der Waals surface area contributed by atoms with Crippen molar-refractivity contribution in [2.45, 2.75) is 30.1 Å². The minimum Gasteiger partial charge on any atom is -0.211 e. The van der Waals surface area contributed by atoms with Crippen molar-refractivity contribution in [1.29, 1.82) is 0 Å². The number of hydrogen-bond acceptors (Lipinski definition) is 2. The molecule has 0 saturated heterocycles. The number of rotatable bonds is 1. The highest BCUT2D eigenvalue weighted by molar-refractivity contribution is 9.09. The van der Waals surface area contributed by atoms with Crippen molar-refractivity contribution in [3.8, 4) is 0 Å². The summed E-state index contributed by atoms with van der Waals surface area (Å²) in [5, 5.41) is 0. The van der Waals surface area contributed by atoms with Gasteiger partial charge in [-0.3, -0.25) is 0 Å². The summed E-state index contributed by atoms with van der Waals surface area (Å²) in [5.41, 5.74) is 0. The first-order valence-corrected chi connectivity index (χ1v) is 3.97. The lowest BCUT2D eigenvalue weighted by Gasteiger charge is -2.02. The molecule has 0 amide bonds. The molecule has 1 saturated carbocycles. The number of aliphatic imine (C=N–C) groups is 1. The van der Waals surface area contributed by atoms with E-state index in [9.17, 15) is 4.79 Å². The molecule has 0 aromatic rings. The zero-order chi connectivity index (χ0) is 6.69. The molecule has 2 nitrogen and oxygen atoms in total. The van der Waals surface area contributed by atoms with Gasteiger partial charge in [-0.05, 0) is 12.8 Å². The maximum atomic E-state index is 9.79. The Balaban J connectivity index is 2.49. The van der Waals surface area contributed by atoms with Crippen molar-refractivity contribution in [3.05, 3.63) is 0 Å². The summed E-state index contributed by atoms with van der Waals surface area (Å²) in [6, 6.07) is 0.197. The molecule has 0 aliphatic heterocycles. The minimum atomic E-state index is 0.197. The molecule has 0 aromatic heterocycles. The first kappa shape index (κ1) is 6.97. The molecule has 50 valence electrons. The molecule has 9 heavy (non-hydrogen) atoms. The van der Waals surface area contributed by atoms with Crippen LogP contribution in [-0.4, -0.2) is 16.9 Å². The first-order valence-electron chi connectivity index (χ1n) is 3.05. The van der Waals surface area contributed by atoms with Gasteiger partial charge in [0, 0.05) is 4.83 Å². The summed E-state index contributed by atoms with van der Waals surface area (Å²) in [5.74, 6) is 0. The summed E-state index contributed by atoms with van der Waals surface area (Å²) in [7, 11) is 0. The van der Waals surface area contributed by atoms with Crippen LogP contribution in [0, 0.1) is 0 Å². The van der Waals surface area contributed by atoms with Gasteiger partial charge in [-0.15, -0.1) is 0 Å². The third-order valence-electron chi connectivity index (χ3n) is 1.62. The summed E-state index contributed by atoms with van der Waals surface area (Å²) in [6.07, 6.45) is 4.93. The largest absolute Gasteiger partial charge is 0.235 e. The molecule has 0 heterocycles. The Morgan fingerprint density at radius 3 is 2.78 bits per heavy atom. The monoisotopic (exact) mass is 189 g/mol. The highest BCUT2D eigenvalue weighted by Gasteiger charge is 2.23. The SMILES string of the molecule is O=C=NC1CCCC1Br. The molecule has 0 bridgehead atoms. The van der Waals surface area contributed by atoms with Crippen molar-refractivity contribution >= 4 is 22.0 Å². The van der Waals surface area contributed by atoms with E-state index in [4.69, 9.17) is 0 Å². The molecule has 2 atom stereocenters. The van der Waals surface area contributed by atoms with Crippen molar-refractivity contribution in [2.75, 3.05) is 0 Å². The topological polar surface area (TPSA) is 29.4 Å². The fourth-order valence-corrected chi connectivity index (χ4v) is 1.81. The third-order valence-corrected chi connectivity index (χ3v) is 2.68. The van der Waals surface area contributed by atoms with Gasteiger partial charge in [0.25, 0.3) is 0 Å². The van der Waals surface area contributed by atoms with Crippen LogP contribution < -0.4 is 0 Å². The number of alkyl halides is 1. The van der Waals surface area contributed by atoms with E-state index in [0.717, 1.165) is 12.8 Å². The average Bonchev–Trinajstić information content (AvgIpc) is 2.18. The number of hydrogen-bond donors (Lipinski definition) is 0. The van der Waals surface area contributed by atoms with Crippen LogP contribution in [0.5, 0.6) is 0 Å². The van der Waals surface area contributed by atoms with E-state index in [0.29, 0.717) is 4.83 Å². The standard InChI is InChI=1S/C6H8BrNO/c7-5-2-1-3-6(5)8-4-9/h5-6H,1-3H2. The molecule has 3 heteroatoms. The van der Waals surface area contributed by atoms with Gasteiger partial charge in [0.2, 0.25) is 6.08 Å². The second-order valence-corrected chi connectivity index (χ2v) is 3.41. The van der Waals surface area contributed by atoms with E-state index in [1.807, 2.05) is 0 Å². The van der Waals surface area contributed by atoms with Gasteiger partial charge >= 0.3 is 0 Å². The summed E-state index contributed by atoms with van der Waals surface area (Å²) in [6.45, 7) is 0. The normalized spacial score (nSPS) is 33.9. The maximum Gasteiger partial charge on any atom is 0.235 e.